The molecule has 206 valence electrons. The van der Waals surface area contributed by atoms with E-state index in [1.807, 2.05) is 22.6 Å². The maximum Gasteiger partial charge on any atom is 0.254 e. The molecule has 0 spiro atoms. The third-order valence-electron chi connectivity index (χ3n) is 8.29. The number of methoxy groups -OCH3 is 1. The van der Waals surface area contributed by atoms with Crippen LogP contribution in [0.2, 0.25) is 0 Å². The highest BCUT2D eigenvalue weighted by Crippen LogP contribution is 2.36. The Bertz CT molecular complexity index is 1600. The van der Waals surface area contributed by atoms with Crippen LogP contribution in [-0.2, 0) is 22.6 Å². The van der Waals surface area contributed by atoms with Gasteiger partial charge in [-0.05, 0) is 42.2 Å². The minimum Gasteiger partial charge on any atom is -0.381 e. The van der Waals surface area contributed by atoms with Crippen LogP contribution < -0.4 is 10.6 Å². The van der Waals surface area contributed by atoms with E-state index in [-0.39, 0.29) is 17.8 Å². The molecule has 1 aromatic carbocycles. The molecule has 3 aromatic heterocycles. The zero-order chi connectivity index (χ0) is 27.2. The Kier molecular flexibility index (Phi) is 6.45. The number of anilines is 2. The van der Waals surface area contributed by atoms with Gasteiger partial charge < -0.3 is 20.1 Å². The Hall–Kier alpha value is -3.86. The van der Waals surface area contributed by atoms with Crippen molar-refractivity contribution in [2.45, 2.75) is 38.0 Å². The lowest BCUT2D eigenvalue weighted by atomic mass is 9.96. The Labute approximate surface area is 231 Å². The molecule has 2 atom stereocenters. The average Bonchev–Trinajstić information content (AvgIpc) is 3.77. The summed E-state index contributed by atoms with van der Waals surface area (Å²) < 4.78 is 26.8. The molecule has 4 aromatic rings. The lowest BCUT2D eigenvalue weighted by Gasteiger charge is -2.21. The van der Waals surface area contributed by atoms with Crippen molar-refractivity contribution in [3.8, 4) is 11.3 Å². The van der Waals surface area contributed by atoms with Gasteiger partial charge in [0.05, 0.1) is 41.5 Å². The van der Waals surface area contributed by atoms with Crippen molar-refractivity contribution in [2.75, 3.05) is 38.7 Å². The zero-order valence-corrected chi connectivity index (χ0v) is 22.3. The predicted octanol–water partition coefficient (Wildman–Crippen LogP) is 4.25. The first-order valence-electron chi connectivity index (χ1n) is 13.7. The van der Waals surface area contributed by atoms with Crippen LogP contribution >= 0.6 is 0 Å². The van der Waals surface area contributed by atoms with Gasteiger partial charge in [0.15, 0.2) is 0 Å². The highest BCUT2D eigenvalue weighted by atomic mass is 19.1. The number of amides is 1. The molecule has 0 bridgehead atoms. The average molecular weight is 543 g/mol. The van der Waals surface area contributed by atoms with E-state index < -0.39 is 0 Å². The van der Waals surface area contributed by atoms with E-state index in [0.29, 0.717) is 41.8 Å². The van der Waals surface area contributed by atoms with Crippen molar-refractivity contribution in [3.05, 3.63) is 77.0 Å². The van der Waals surface area contributed by atoms with E-state index in [1.165, 1.54) is 17.7 Å². The number of carbonyl (C=O) groups excluding carboxylic acids is 1. The summed E-state index contributed by atoms with van der Waals surface area (Å²) in [5.74, 6) is 0.556. The van der Waals surface area contributed by atoms with Gasteiger partial charge in [-0.2, -0.15) is 0 Å². The third-order valence-corrected chi connectivity index (χ3v) is 8.29. The number of nitrogens with one attached hydrogen (secondary N) is 2. The molecule has 3 aliphatic rings. The van der Waals surface area contributed by atoms with Crippen molar-refractivity contribution >= 4 is 23.1 Å². The van der Waals surface area contributed by atoms with Crippen molar-refractivity contribution in [3.63, 3.8) is 0 Å². The summed E-state index contributed by atoms with van der Waals surface area (Å²) in [6.07, 6.45) is 5.64. The second-order valence-electron chi connectivity index (χ2n) is 10.7. The normalized spacial score (nSPS) is 20.8. The van der Waals surface area contributed by atoms with Crippen molar-refractivity contribution < 1.29 is 18.7 Å². The summed E-state index contributed by atoms with van der Waals surface area (Å²) in [7, 11) is 1.77. The Morgan fingerprint density at radius 2 is 2.15 bits per heavy atom. The minimum atomic E-state index is -0.340. The molecule has 40 heavy (non-hydrogen) atoms. The van der Waals surface area contributed by atoms with Gasteiger partial charge in [0.2, 0.25) is 0 Å². The van der Waals surface area contributed by atoms with Gasteiger partial charge in [-0.1, -0.05) is 12.1 Å². The lowest BCUT2D eigenvalue weighted by molar-refractivity contribution is 0.0966. The highest BCUT2D eigenvalue weighted by molar-refractivity contribution is 6.06. The Balaban J connectivity index is 1.22. The molecule has 1 amide bonds. The van der Waals surface area contributed by atoms with Gasteiger partial charge in [0, 0.05) is 63.6 Å². The van der Waals surface area contributed by atoms with E-state index in [0.717, 1.165) is 61.6 Å². The molecular weight excluding hydrogens is 511 g/mol. The van der Waals surface area contributed by atoms with Crippen molar-refractivity contribution in [1.29, 1.82) is 0 Å². The minimum absolute atomic E-state index is 0.137. The van der Waals surface area contributed by atoms with E-state index in [2.05, 4.69) is 26.6 Å². The maximum absolute atomic E-state index is 13.7. The second kappa shape index (κ2) is 10.3. The van der Waals surface area contributed by atoms with Gasteiger partial charge in [0.1, 0.15) is 17.3 Å². The molecule has 2 N–H and O–H groups in total. The third kappa shape index (κ3) is 4.51. The summed E-state index contributed by atoms with van der Waals surface area (Å²) in [4.78, 5) is 24.8. The number of likely N-dealkylation sites (tertiary alicyclic amines) is 1. The Morgan fingerprint density at radius 3 is 2.98 bits per heavy atom. The number of ether oxygens (including phenoxy) is 2. The second-order valence-corrected chi connectivity index (χ2v) is 10.7. The molecule has 7 rings (SSSR count). The summed E-state index contributed by atoms with van der Waals surface area (Å²) in [5, 5.41) is 6.40. The van der Waals surface area contributed by atoms with Gasteiger partial charge in [0.25, 0.3) is 5.91 Å². The summed E-state index contributed by atoms with van der Waals surface area (Å²) in [5.41, 5.74) is 6.63. The topological polar surface area (TPSA) is 93.0 Å². The number of benzene rings is 1. The molecule has 10 heteroatoms. The van der Waals surface area contributed by atoms with Crippen LogP contribution in [0.25, 0.3) is 16.9 Å². The monoisotopic (exact) mass is 542 g/mol. The van der Waals surface area contributed by atoms with Crippen LogP contribution in [0.3, 0.4) is 0 Å². The molecule has 2 saturated heterocycles. The number of pyridine rings is 2. The maximum atomic E-state index is 13.7. The van der Waals surface area contributed by atoms with Crippen molar-refractivity contribution in [2.24, 2.45) is 0 Å². The van der Waals surface area contributed by atoms with E-state index >= 15 is 0 Å². The first kappa shape index (κ1) is 25.1. The molecule has 6 heterocycles. The number of rotatable bonds is 7. The van der Waals surface area contributed by atoms with E-state index in [9.17, 15) is 9.18 Å². The van der Waals surface area contributed by atoms with Gasteiger partial charge in [-0.15, -0.1) is 0 Å². The quantitative estimate of drug-likeness (QED) is 0.361. The van der Waals surface area contributed by atoms with Crippen molar-refractivity contribution in [1.82, 2.24) is 24.6 Å². The molecule has 3 aliphatic heterocycles. The summed E-state index contributed by atoms with van der Waals surface area (Å²) in [6.45, 7) is 4.50. The van der Waals surface area contributed by atoms with Crippen LogP contribution in [-0.4, -0.2) is 64.7 Å². The highest BCUT2D eigenvalue weighted by Gasteiger charge is 2.29. The van der Waals surface area contributed by atoms with E-state index in [1.54, 1.807) is 19.5 Å². The number of halogens is 1. The van der Waals surface area contributed by atoms with Crippen LogP contribution in [0, 0.1) is 5.82 Å². The zero-order valence-electron chi connectivity index (χ0n) is 22.3. The van der Waals surface area contributed by atoms with Gasteiger partial charge in [-0.25, -0.2) is 14.4 Å². The summed E-state index contributed by atoms with van der Waals surface area (Å²) in [6, 6.07) is 10.8. The number of nitrogens with zero attached hydrogens (tertiary/aromatic N) is 4. The smallest absolute Gasteiger partial charge is 0.254 e. The van der Waals surface area contributed by atoms with Crippen LogP contribution in [0.15, 0.2) is 48.8 Å². The lowest BCUT2D eigenvalue weighted by Crippen LogP contribution is -2.24. The molecule has 9 nitrogen and oxygen atoms in total. The van der Waals surface area contributed by atoms with Crippen LogP contribution in [0.4, 0.5) is 15.9 Å². The largest absolute Gasteiger partial charge is 0.381 e. The standard InChI is InChI=1S/C30H31FN6O3/c1-39-20-7-9-36(15-20)16-25-21(18-8-11-40-17-18)3-5-27(35-25)34-24-4-2-22(23-13-33-30(38)29(23)24)26-14-32-28-12-19(31)6-10-37(26)28/h2-6,10,12,14,18,20H,7-9,11,13,15-17H2,1H3,(H,33,38)(H,34,35)/t18?,20-/m1/s1. The van der Waals surface area contributed by atoms with Crippen LogP contribution in [0.1, 0.15) is 45.9 Å². The Morgan fingerprint density at radius 1 is 1.23 bits per heavy atom. The SMILES string of the molecule is CO[C@@H]1CCN(Cc2nc(Nc3ccc(-c4cnc5cc(F)ccn45)c4c3C(=O)NC4)ccc2C2CCOC2)C1. The number of fused-ring (bicyclic) bond motifs is 2. The molecule has 2 fully saturated rings. The summed E-state index contributed by atoms with van der Waals surface area (Å²) >= 11 is 0. The first-order valence-corrected chi connectivity index (χ1v) is 13.7. The number of hydrogen-bond donors (Lipinski definition) is 2. The molecular formula is C30H31FN6O3. The number of carbonyl (C=O) groups is 1. The van der Waals surface area contributed by atoms with Gasteiger partial charge >= 0.3 is 0 Å². The predicted molar refractivity (Wildman–Crippen MR) is 148 cm³/mol. The fourth-order valence-corrected chi connectivity index (χ4v) is 6.19. The number of hydrogen-bond acceptors (Lipinski definition) is 7. The number of imidazole rings is 1. The van der Waals surface area contributed by atoms with Gasteiger partial charge in [-0.3, -0.25) is 14.1 Å². The molecule has 0 radical (unpaired) electrons. The van der Waals surface area contributed by atoms with E-state index in [4.69, 9.17) is 14.5 Å². The fraction of sp³-hybridized carbons (Fsp3) is 0.367. The first-order chi connectivity index (χ1) is 19.6. The fourth-order valence-electron chi connectivity index (χ4n) is 6.19. The molecule has 0 saturated carbocycles. The molecule has 0 aliphatic carbocycles. The number of aromatic nitrogens is 3. The van der Waals surface area contributed by atoms with Crippen LogP contribution in [0.5, 0.6) is 0 Å². The molecule has 1 unspecified atom stereocenters.